The van der Waals surface area contributed by atoms with Crippen LogP contribution in [0.15, 0.2) is 29.8 Å². The van der Waals surface area contributed by atoms with Gasteiger partial charge >= 0.3 is 0 Å². The minimum atomic E-state index is -0.482. The Balaban J connectivity index is 1.74. The summed E-state index contributed by atoms with van der Waals surface area (Å²) in [4.78, 5) is 36.1. The molecule has 0 bridgehead atoms. The van der Waals surface area contributed by atoms with Crippen LogP contribution in [-0.4, -0.2) is 23.3 Å². The molecule has 0 saturated carbocycles. The summed E-state index contributed by atoms with van der Waals surface area (Å²) in [5.74, 6) is -0.610. The minimum absolute atomic E-state index is 0.119. The summed E-state index contributed by atoms with van der Waals surface area (Å²) in [5.41, 5.74) is 1.96. The van der Waals surface area contributed by atoms with Crippen LogP contribution in [0.5, 0.6) is 0 Å². The van der Waals surface area contributed by atoms with Crippen molar-refractivity contribution in [2.24, 2.45) is 0 Å². The van der Waals surface area contributed by atoms with Gasteiger partial charge in [-0.2, -0.15) is 0 Å². The van der Waals surface area contributed by atoms with Crippen molar-refractivity contribution in [1.82, 2.24) is 0 Å². The standard InChI is InChI=1S/C19H23N3O4/c23-18-7-4-8-19(24)21(18)15-9-10-16(17(13-15)22(25)26)20-12-11-14-5-2-1-3-6-14/h5,9-10,13,20H,1-4,6-8,11-12H2. The lowest BCUT2D eigenvalue weighted by molar-refractivity contribution is -0.383. The van der Waals surface area contributed by atoms with E-state index in [0.29, 0.717) is 18.7 Å². The third-order valence-electron chi connectivity index (χ3n) is 4.86. The molecule has 1 fully saturated rings. The highest BCUT2D eigenvalue weighted by Crippen LogP contribution is 2.32. The van der Waals surface area contributed by atoms with Gasteiger partial charge in [0.15, 0.2) is 0 Å². The zero-order valence-corrected chi connectivity index (χ0v) is 14.7. The molecule has 1 aliphatic carbocycles. The second-order valence-electron chi connectivity index (χ2n) is 6.72. The van der Waals surface area contributed by atoms with Crippen LogP contribution in [0.1, 0.15) is 51.4 Å². The van der Waals surface area contributed by atoms with E-state index in [-0.39, 0.29) is 36.0 Å². The number of hydrogen-bond donors (Lipinski definition) is 1. The fraction of sp³-hybridized carbons (Fsp3) is 0.474. The van der Waals surface area contributed by atoms with Crippen LogP contribution in [0.3, 0.4) is 0 Å². The highest BCUT2D eigenvalue weighted by molar-refractivity contribution is 6.16. The van der Waals surface area contributed by atoms with Crippen LogP contribution in [0.4, 0.5) is 17.1 Å². The van der Waals surface area contributed by atoms with E-state index in [1.54, 1.807) is 12.1 Å². The molecule has 7 nitrogen and oxygen atoms in total. The van der Waals surface area contributed by atoms with Gasteiger partial charge in [0, 0.05) is 25.5 Å². The number of carbonyl (C=O) groups is 2. The third kappa shape index (κ3) is 4.09. The first-order valence-corrected chi connectivity index (χ1v) is 9.12. The molecule has 138 valence electrons. The van der Waals surface area contributed by atoms with Crippen LogP contribution >= 0.6 is 0 Å². The zero-order valence-electron chi connectivity index (χ0n) is 14.7. The van der Waals surface area contributed by atoms with Crippen LogP contribution in [0.25, 0.3) is 0 Å². The molecule has 1 heterocycles. The second kappa shape index (κ2) is 8.12. The lowest BCUT2D eigenvalue weighted by atomic mass is 9.97. The fourth-order valence-corrected chi connectivity index (χ4v) is 3.49. The second-order valence-corrected chi connectivity index (χ2v) is 6.72. The summed E-state index contributed by atoms with van der Waals surface area (Å²) in [6, 6.07) is 4.48. The Hall–Kier alpha value is -2.70. The van der Waals surface area contributed by atoms with Crippen molar-refractivity contribution in [3.63, 3.8) is 0 Å². The number of anilines is 2. The number of imide groups is 1. The maximum Gasteiger partial charge on any atom is 0.294 e. The number of allylic oxidation sites excluding steroid dienone is 1. The van der Waals surface area contributed by atoms with E-state index < -0.39 is 4.92 Å². The average Bonchev–Trinajstić information content (AvgIpc) is 2.63. The highest BCUT2D eigenvalue weighted by Gasteiger charge is 2.29. The maximum atomic E-state index is 12.0. The Labute approximate surface area is 152 Å². The number of benzene rings is 1. The summed E-state index contributed by atoms with van der Waals surface area (Å²) >= 11 is 0. The molecular formula is C19H23N3O4. The summed E-state index contributed by atoms with van der Waals surface area (Å²) in [5, 5.41) is 14.6. The third-order valence-corrected chi connectivity index (χ3v) is 4.86. The monoisotopic (exact) mass is 357 g/mol. The van der Waals surface area contributed by atoms with Crippen molar-refractivity contribution < 1.29 is 14.5 Å². The first kappa shape index (κ1) is 18.1. The minimum Gasteiger partial charge on any atom is -0.379 e. The van der Waals surface area contributed by atoms with E-state index in [1.165, 1.54) is 24.5 Å². The molecule has 0 unspecified atom stereocenters. The molecule has 7 heteroatoms. The number of piperidine rings is 1. The molecule has 0 aromatic heterocycles. The van der Waals surface area contributed by atoms with Crippen LogP contribution in [-0.2, 0) is 9.59 Å². The maximum absolute atomic E-state index is 12.0. The van der Waals surface area contributed by atoms with E-state index in [1.807, 2.05) is 0 Å². The van der Waals surface area contributed by atoms with Crippen LogP contribution in [0, 0.1) is 10.1 Å². The number of nitrogens with zero attached hydrogens (tertiary/aromatic N) is 2. The van der Waals surface area contributed by atoms with Crippen molar-refractivity contribution >= 4 is 28.9 Å². The predicted molar refractivity (Wildman–Crippen MR) is 99.1 cm³/mol. The molecule has 1 aromatic carbocycles. The van der Waals surface area contributed by atoms with Gasteiger partial charge in [-0.15, -0.1) is 0 Å². The highest BCUT2D eigenvalue weighted by atomic mass is 16.6. The summed E-state index contributed by atoms with van der Waals surface area (Å²) in [7, 11) is 0. The lowest BCUT2D eigenvalue weighted by Gasteiger charge is -2.25. The number of nitrogens with one attached hydrogen (secondary N) is 1. The SMILES string of the molecule is O=C1CCCC(=O)N1c1ccc(NCCC2=CCCCC2)c([N+](=O)[O-])c1. The molecule has 1 aliphatic heterocycles. The molecule has 3 rings (SSSR count). The molecule has 2 aliphatic rings. The van der Waals surface area contributed by atoms with Gasteiger partial charge in [0.25, 0.3) is 5.69 Å². The number of nitro benzene ring substituents is 1. The summed E-state index contributed by atoms with van der Waals surface area (Å²) in [6.07, 6.45) is 8.88. The van der Waals surface area contributed by atoms with Crippen molar-refractivity contribution in [3.8, 4) is 0 Å². The number of carbonyl (C=O) groups excluding carboxylic acids is 2. The van der Waals surface area contributed by atoms with Gasteiger partial charge in [0.2, 0.25) is 11.8 Å². The molecule has 0 spiro atoms. The van der Waals surface area contributed by atoms with Gasteiger partial charge in [-0.1, -0.05) is 11.6 Å². The first-order chi connectivity index (χ1) is 12.6. The topological polar surface area (TPSA) is 92.6 Å². The number of rotatable bonds is 6. The summed E-state index contributed by atoms with van der Waals surface area (Å²) < 4.78 is 0. The van der Waals surface area contributed by atoms with Gasteiger partial charge < -0.3 is 5.32 Å². The van der Waals surface area contributed by atoms with E-state index in [4.69, 9.17) is 0 Å². The normalized spacial score (nSPS) is 17.8. The van der Waals surface area contributed by atoms with Crippen molar-refractivity contribution in [2.75, 3.05) is 16.8 Å². The summed E-state index contributed by atoms with van der Waals surface area (Å²) in [6.45, 7) is 0.619. The Bertz CT molecular complexity index is 741. The predicted octanol–water partition coefficient (Wildman–Crippen LogP) is 3.94. The fourth-order valence-electron chi connectivity index (χ4n) is 3.49. The molecule has 0 atom stereocenters. The zero-order chi connectivity index (χ0) is 18.5. The van der Waals surface area contributed by atoms with Gasteiger partial charge in [0.1, 0.15) is 5.69 Å². The smallest absolute Gasteiger partial charge is 0.294 e. The molecule has 1 N–H and O–H groups in total. The average molecular weight is 357 g/mol. The lowest BCUT2D eigenvalue weighted by Crippen LogP contribution is -2.40. The Morgan fingerprint density at radius 2 is 1.85 bits per heavy atom. The van der Waals surface area contributed by atoms with Crippen molar-refractivity contribution in [3.05, 3.63) is 40.0 Å². The van der Waals surface area contributed by atoms with Crippen molar-refractivity contribution in [1.29, 1.82) is 0 Å². The molecule has 0 radical (unpaired) electrons. The quantitative estimate of drug-likeness (QED) is 0.360. The molecule has 2 amide bonds. The van der Waals surface area contributed by atoms with Gasteiger partial charge in [-0.05, 0) is 50.7 Å². The van der Waals surface area contributed by atoms with Crippen LogP contribution in [0.2, 0.25) is 0 Å². The Morgan fingerprint density at radius 1 is 1.08 bits per heavy atom. The van der Waals surface area contributed by atoms with Gasteiger partial charge in [0.05, 0.1) is 10.6 Å². The van der Waals surface area contributed by atoms with Gasteiger partial charge in [-0.25, -0.2) is 0 Å². The number of hydrogen-bond acceptors (Lipinski definition) is 5. The first-order valence-electron chi connectivity index (χ1n) is 9.12. The number of amides is 2. The van der Waals surface area contributed by atoms with E-state index in [2.05, 4.69) is 11.4 Å². The van der Waals surface area contributed by atoms with E-state index in [0.717, 1.165) is 24.2 Å². The van der Waals surface area contributed by atoms with E-state index in [9.17, 15) is 19.7 Å². The Kier molecular flexibility index (Phi) is 5.65. The number of nitro groups is 1. The largest absolute Gasteiger partial charge is 0.379 e. The molecule has 1 aromatic rings. The van der Waals surface area contributed by atoms with Gasteiger partial charge in [-0.3, -0.25) is 24.6 Å². The molecule has 26 heavy (non-hydrogen) atoms. The molecular weight excluding hydrogens is 334 g/mol. The van der Waals surface area contributed by atoms with Crippen LogP contribution < -0.4 is 10.2 Å². The van der Waals surface area contributed by atoms with E-state index >= 15 is 0 Å². The molecule has 1 saturated heterocycles. The Morgan fingerprint density at radius 3 is 2.50 bits per heavy atom. The van der Waals surface area contributed by atoms with Crippen molar-refractivity contribution in [2.45, 2.75) is 51.4 Å².